The van der Waals surface area contributed by atoms with Crippen LogP contribution in [0, 0.1) is 25.2 Å². The molecule has 9 heteroatoms. The number of alkyl carbamates (subject to hydrolysis) is 1. The van der Waals surface area contributed by atoms with Crippen LogP contribution in [0.5, 0.6) is 0 Å². The Morgan fingerprint density at radius 1 is 1.19 bits per heavy atom. The number of nitriles is 1. The van der Waals surface area contributed by atoms with E-state index in [9.17, 15) is 19.6 Å². The molecule has 2 atom stereocenters. The van der Waals surface area contributed by atoms with E-state index < -0.39 is 35.6 Å². The van der Waals surface area contributed by atoms with Gasteiger partial charge in [-0.25, -0.2) is 4.79 Å². The number of carbonyl (C=O) groups excluding carboxylic acids is 3. The fourth-order valence-electron chi connectivity index (χ4n) is 3.15. The van der Waals surface area contributed by atoms with Crippen LogP contribution in [0.3, 0.4) is 0 Å². The minimum Gasteiger partial charge on any atom is -0.444 e. The summed E-state index contributed by atoms with van der Waals surface area (Å²) in [5, 5.41) is 14.8. The average Bonchev–Trinajstić information content (AvgIpc) is 2.64. The molecule has 0 aliphatic carbocycles. The average molecular weight is 463 g/mol. The van der Waals surface area contributed by atoms with Gasteiger partial charge in [0.1, 0.15) is 24.2 Å². The van der Waals surface area contributed by atoms with E-state index in [1.54, 1.807) is 26.8 Å². The van der Waals surface area contributed by atoms with E-state index in [0.717, 1.165) is 11.1 Å². The first kappa shape index (κ1) is 27.3. The van der Waals surface area contributed by atoms with Gasteiger partial charge in [0, 0.05) is 11.8 Å². The molecule has 1 aromatic rings. The number of nitrogens with zero attached hydrogens (tertiary/aromatic N) is 2. The van der Waals surface area contributed by atoms with Crippen LogP contribution in [0.1, 0.15) is 57.4 Å². The van der Waals surface area contributed by atoms with E-state index in [1.807, 2.05) is 45.9 Å². The third-order valence-corrected chi connectivity index (χ3v) is 4.77. The topological polar surface area (TPSA) is 112 Å². The Balaban J connectivity index is 3.39. The fraction of sp³-hybridized carbons (Fsp3) is 0.565. The van der Waals surface area contributed by atoms with Crippen molar-refractivity contribution in [3.05, 3.63) is 34.9 Å². The van der Waals surface area contributed by atoms with Crippen molar-refractivity contribution >= 4 is 30.5 Å². The van der Waals surface area contributed by atoms with Crippen molar-refractivity contribution in [2.45, 2.75) is 72.2 Å². The highest BCUT2D eigenvalue weighted by Gasteiger charge is 2.36. The summed E-state index contributed by atoms with van der Waals surface area (Å²) in [6.07, 6.45) is -0.781. The van der Waals surface area contributed by atoms with Crippen LogP contribution in [-0.4, -0.2) is 52.8 Å². The maximum absolute atomic E-state index is 13.4. The first-order valence-electron chi connectivity index (χ1n) is 10.5. The monoisotopic (exact) mass is 462 g/mol. The minimum atomic E-state index is -1.08. The number of benzene rings is 1. The predicted octanol–water partition coefficient (Wildman–Crippen LogP) is 3.04. The van der Waals surface area contributed by atoms with Crippen molar-refractivity contribution in [3.63, 3.8) is 0 Å². The molecule has 0 radical (unpaired) electrons. The molecule has 0 bridgehead atoms. The molecule has 0 heterocycles. The van der Waals surface area contributed by atoms with Crippen LogP contribution in [0.2, 0.25) is 0 Å². The lowest BCUT2D eigenvalue weighted by Crippen LogP contribution is -2.54. The van der Waals surface area contributed by atoms with Crippen molar-refractivity contribution in [1.29, 1.82) is 5.26 Å². The number of thiol groups is 1. The third-order valence-electron chi connectivity index (χ3n) is 4.41. The van der Waals surface area contributed by atoms with Gasteiger partial charge in [0.15, 0.2) is 0 Å². The molecule has 32 heavy (non-hydrogen) atoms. The van der Waals surface area contributed by atoms with Gasteiger partial charge in [-0.15, -0.1) is 0 Å². The zero-order valence-corrected chi connectivity index (χ0v) is 20.7. The highest BCUT2D eigenvalue weighted by atomic mass is 32.1. The van der Waals surface area contributed by atoms with Crippen molar-refractivity contribution in [2.24, 2.45) is 0 Å². The summed E-state index contributed by atoms with van der Waals surface area (Å²) >= 11 is 4.20. The number of rotatable bonds is 8. The Hall–Kier alpha value is -2.73. The molecule has 0 fully saturated rings. The first-order chi connectivity index (χ1) is 14.8. The second-order valence-corrected chi connectivity index (χ2v) is 9.30. The van der Waals surface area contributed by atoms with Crippen molar-refractivity contribution < 1.29 is 19.1 Å². The van der Waals surface area contributed by atoms with E-state index in [2.05, 4.69) is 23.3 Å². The molecular weight excluding hydrogens is 428 g/mol. The van der Waals surface area contributed by atoms with Gasteiger partial charge in [0.2, 0.25) is 11.8 Å². The van der Waals surface area contributed by atoms with E-state index in [-0.39, 0.29) is 18.3 Å². The van der Waals surface area contributed by atoms with Gasteiger partial charge >= 0.3 is 6.09 Å². The summed E-state index contributed by atoms with van der Waals surface area (Å²) in [7, 11) is 0. The lowest BCUT2D eigenvalue weighted by molar-refractivity contribution is -0.141. The molecule has 1 rings (SSSR count). The second kappa shape index (κ2) is 11.8. The number of hydrogen-bond acceptors (Lipinski definition) is 6. The summed E-state index contributed by atoms with van der Waals surface area (Å²) in [6.45, 7) is 12.2. The molecule has 2 N–H and O–H groups in total. The summed E-state index contributed by atoms with van der Waals surface area (Å²) in [4.78, 5) is 40.0. The molecule has 2 unspecified atom stereocenters. The maximum Gasteiger partial charge on any atom is 0.408 e. The maximum atomic E-state index is 13.4. The van der Waals surface area contributed by atoms with Crippen LogP contribution in [-0.2, 0) is 14.3 Å². The van der Waals surface area contributed by atoms with Crippen LogP contribution in [0.4, 0.5) is 4.79 Å². The van der Waals surface area contributed by atoms with Crippen molar-refractivity contribution in [2.75, 3.05) is 12.3 Å². The standard InChI is InChI=1S/C23H34N4O4S/c1-14(2)25-20(28)19(17-9-8-15(3)12-16(17)4)27(11-10-24)21(29)18(13-32)26-22(30)31-23(5,6)7/h8-9,12,14,18-19,32H,11,13H2,1-7H3,(H,25,28)(H,26,30). The zero-order chi connectivity index (χ0) is 24.6. The van der Waals surface area contributed by atoms with Crippen LogP contribution in [0.25, 0.3) is 0 Å². The molecule has 1 aromatic carbocycles. The molecule has 0 saturated heterocycles. The Labute approximate surface area is 196 Å². The zero-order valence-electron chi connectivity index (χ0n) is 19.9. The lowest BCUT2D eigenvalue weighted by atomic mass is 9.96. The molecule has 3 amide bonds. The normalized spacial score (nSPS) is 13.0. The van der Waals surface area contributed by atoms with Gasteiger partial charge in [-0.1, -0.05) is 23.8 Å². The molecule has 0 aliphatic rings. The lowest BCUT2D eigenvalue weighted by Gasteiger charge is -2.33. The van der Waals surface area contributed by atoms with Gasteiger partial charge in [0.25, 0.3) is 0 Å². The molecule has 0 spiro atoms. The largest absolute Gasteiger partial charge is 0.444 e. The highest BCUT2D eigenvalue weighted by molar-refractivity contribution is 7.80. The SMILES string of the molecule is Cc1ccc(C(C(=O)NC(C)C)N(CC#N)C(=O)C(CS)NC(=O)OC(C)(C)C)c(C)c1. The highest BCUT2D eigenvalue weighted by Crippen LogP contribution is 2.26. The second-order valence-electron chi connectivity index (χ2n) is 8.93. The number of ether oxygens (including phenoxy) is 1. The van der Waals surface area contributed by atoms with Crippen molar-refractivity contribution in [1.82, 2.24) is 15.5 Å². The Morgan fingerprint density at radius 3 is 2.28 bits per heavy atom. The Kier molecular flexibility index (Phi) is 10.0. The number of carbonyl (C=O) groups is 3. The molecule has 176 valence electrons. The van der Waals surface area contributed by atoms with Gasteiger partial charge in [0.05, 0.1) is 6.07 Å². The van der Waals surface area contributed by atoms with Gasteiger partial charge < -0.3 is 20.3 Å². The molecule has 0 saturated carbocycles. The van der Waals surface area contributed by atoms with E-state index >= 15 is 0 Å². The quantitative estimate of drug-likeness (QED) is 0.406. The van der Waals surface area contributed by atoms with Crippen LogP contribution < -0.4 is 10.6 Å². The number of hydrogen-bond donors (Lipinski definition) is 3. The summed E-state index contributed by atoms with van der Waals surface area (Å²) in [5.74, 6) is -1.05. The number of aryl methyl sites for hydroxylation is 2. The Bertz CT molecular complexity index is 874. The first-order valence-corrected chi connectivity index (χ1v) is 11.1. The van der Waals surface area contributed by atoms with Gasteiger partial charge in [-0.05, 0) is 59.6 Å². The molecule has 0 aliphatic heterocycles. The summed E-state index contributed by atoms with van der Waals surface area (Å²) in [5.41, 5.74) is 1.67. The van der Waals surface area contributed by atoms with E-state index in [1.165, 1.54) is 4.90 Å². The van der Waals surface area contributed by atoms with Crippen LogP contribution >= 0.6 is 12.6 Å². The predicted molar refractivity (Wildman–Crippen MR) is 126 cm³/mol. The van der Waals surface area contributed by atoms with E-state index in [0.29, 0.717) is 5.56 Å². The van der Waals surface area contributed by atoms with E-state index in [4.69, 9.17) is 4.74 Å². The van der Waals surface area contributed by atoms with Gasteiger partial charge in [-0.3, -0.25) is 9.59 Å². The van der Waals surface area contributed by atoms with Crippen molar-refractivity contribution in [3.8, 4) is 6.07 Å². The summed E-state index contributed by atoms with van der Waals surface area (Å²) < 4.78 is 5.24. The Morgan fingerprint density at radius 2 is 1.81 bits per heavy atom. The smallest absolute Gasteiger partial charge is 0.408 e. The summed E-state index contributed by atoms with van der Waals surface area (Å²) in [6, 6.07) is 5.21. The molecule has 0 aromatic heterocycles. The minimum absolute atomic E-state index is 0.0363. The molecular formula is C23H34N4O4S. The third kappa shape index (κ3) is 8.08. The fourth-order valence-corrected chi connectivity index (χ4v) is 3.40. The van der Waals surface area contributed by atoms with Crippen LogP contribution in [0.15, 0.2) is 18.2 Å². The number of amides is 3. The van der Waals surface area contributed by atoms with Gasteiger partial charge in [-0.2, -0.15) is 17.9 Å². The number of nitrogens with one attached hydrogen (secondary N) is 2. The molecule has 8 nitrogen and oxygen atoms in total.